The van der Waals surface area contributed by atoms with Crippen molar-refractivity contribution in [2.45, 2.75) is 60.3 Å². The summed E-state index contributed by atoms with van der Waals surface area (Å²) in [5, 5.41) is 9.00. The summed E-state index contributed by atoms with van der Waals surface area (Å²) in [6, 6.07) is 2.34. The van der Waals surface area contributed by atoms with E-state index in [4.69, 9.17) is 9.84 Å². The smallest absolute Gasteiger partial charge is 0.204 e. The lowest BCUT2D eigenvalue weighted by Gasteiger charge is -2.15. The molecule has 1 N–H and O–H groups in total. The van der Waals surface area contributed by atoms with E-state index in [-0.39, 0.29) is 11.7 Å². The molecule has 0 fully saturated rings. The summed E-state index contributed by atoms with van der Waals surface area (Å²) in [6.07, 6.45) is 4.50. The Labute approximate surface area is 133 Å². The monoisotopic (exact) mass is 316 g/mol. The molecular formula is C18H30F2O2. The first kappa shape index (κ1) is 20.7. The summed E-state index contributed by atoms with van der Waals surface area (Å²) < 4.78 is 31.8. The summed E-state index contributed by atoms with van der Waals surface area (Å²) in [5.74, 6) is -2.28. The van der Waals surface area contributed by atoms with E-state index in [1.54, 1.807) is 0 Å². The molecule has 0 radical (unpaired) electrons. The van der Waals surface area contributed by atoms with Crippen LogP contribution in [0.25, 0.3) is 0 Å². The van der Waals surface area contributed by atoms with Crippen molar-refractivity contribution in [2.75, 3.05) is 6.61 Å². The SMILES string of the molecule is CCC.CCC(C)CCC(C)COc1ccc(O)c(F)c1F. The molecule has 0 amide bonds. The lowest BCUT2D eigenvalue weighted by atomic mass is 9.97. The van der Waals surface area contributed by atoms with Gasteiger partial charge in [-0.2, -0.15) is 8.78 Å². The Balaban J connectivity index is 0.00000135. The van der Waals surface area contributed by atoms with Gasteiger partial charge in [0, 0.05) is 0 Å². The largest absolute Gasteiger partial charge is 0.505 e. The van der Waals surface area contributed by atoms with Crippen molar-refractivity contribution >= 4 is 0 Å². The maximum absolute atomic E-state index is 13.4. The van der Waals surface area contributed by atoms with Crippen LogP contribution >= 0.6 is 0 Å². The van der Waals surface area contributed by atoms with Crippen molar-refractivity contribution in [3.05, 3.63) is 23.8 Å². The van der Waals surface area contributed by atoms with Gasteiger partial charge in [0.05, 0.1) is 6.61 Å². The van der Waals surface area contributed by atoms with Gasteiger partial charge in [-0.15, -0.1) is 0 Å². The Hall–Kier alpha value is -1.32. The Morgan fingerprint density at radius 2 is 1.55 bits per heavy atom. The second-order valence-corrected chi connectivity index (χ2v) is 5.92. The third-order valence-corrected chi connectivity index (χ3v) is 3.40. The number of benzene rings is 1. The van der Waals surface area contributed by atoms with Gasteiger partial charge in [0.25, 0.3) is 0 Å². The number of rotatable bonds is 7. The molecule has 0 aliphatic rings. The first-order valence-electron chi connectivity index (χ1n) is 8.16. The standard InChI is InChI=1S/C15H22F2O2.C3H8/c1-4-10(2)5-6-11(3)9-19-13-8-7-12(18)14(16)15(13)17;1-3-2/h7-8,10-11,18H,4-6,9H2,1-3H3;3H2,1-2H3. The molecule has 0 aliphatic heterocycles. The van der Waals surface area contributed by atoms with Gasteiger partial charge in [0.15, 0.2) is 11.5 Å². The van der Waals surface area contributed by atoms with Gasteiger partial charge >= 0.3 is 0 Å². The molecule has 1 aromatic rings. The van der Waals surface area contributed by atoms with Crippen LogP contribution in [0.15, 0.2) is 12.1 Å². The first-order chi connectivity index (χ1) is 10.4. The van der Waals surface area contributed by atoms with Crippen LogP contribution in [0.1, 0.15) is 60.3 Å². The van der Waals surface area contributed by atoms with E-state index in [9.17, 15) is 8.78 Å². The first-order valence-corrected chi connectivity index (χ1v) is 8.16. The van der Waals surface area contributed by atoms with Crippen LogP contribution in [0.3, 0.4) is 0 Å². The second kappa shape index (κ2) is 11.3. The van der Waals surface area contributed by atoms with Gasteiger partial charge in [-0.1, -0.05) is 53.9 Å². The van der Waals surface area contributed by atoms with E-state index >= 15 is 0 Å². The van der Waals surface area contributed by atoms with Gasteiger partial charge in [-0.25, -0.2) is 0 Å². The van der Waals surface area contributed by atoms with E-state index in [1.807, 2.05) is 6.92 Å². The molecule has 2 atom stereocenters. The number of phenols is 1. The lowest BCUT2D eigenvalue weighted by Crippen LogP contribution is -2.11. The zero-order chi connectivity index (χ0) is 17.1. The Morgan fingerprint density at radius 1 is 1.00 bits per heavy atom. The molecule has 2 nitrogen and oxygen atoms in total. The van der Waals surface area contributed by atoms with Crippen molar-refractivity contribution < 1.29 is 18.6 Å². The van der Waals surface area contributed by atoms with Crippen molar-refractivity contribution in [1.82, 2.24) is 0 Å². The van der Waals surface area contributed by atoms with Gasteiger partial charge < -0.3 is 9.84 Å². The third kappa shape index (κ3) is 7.62. The molecule has 128 valence electrons. The normalized spacial score (nSPS) is 13.0. The summed E-state index contributed by atoms with van der Waals surface area (Å²) in [5.41, 5.74) is 0. The molecule has 0 bridgehead atoms. The summed E-state index contributed by atoms with van der Waals surface area (Å²) in [6.45, 7) is 11.0. The Kier molecular flexibility index (Phi) is 10.6. The number of phenolic OH excluding ortho intramolecular Hbond substituents is 1. The molecule has 0 saturated carbocycles. The molecule has 4 heteroatoms. The van der Waals surface area contributed by atoms with Crippen LogP contribution in [-0.4, -0.2) is 11.7 Å². The molecule has 22 heavy (non-hydrogen) atoms. The van der Waals surface area contributed by atoms with E-state index in [0.717, 1.165) is 25.3 Å². The highest BCUT2D eigenvalue weighted by Crippen LogP contribution is 2.27. The van der Waals surface area contributed by atoms with Gasteiger partial charge in [0.2, 0.25) is 11.6 Å². The van der Waals surface area contributed by atoms with Gasteiger partial charge in [0.1, 0.15) is 0 Å². The minimum atomic E-state index is -1.26. The Morgan fingerprint density at radius 3 is 2.09 bits per heavy atom. The summed E-state index contributed by atoms with van der Waals surface area (Å²) in [4.78, 5) is 0. The van der Waals surface area contributed by atoms with E-state index in [0.29, 0.717) is 12.5 Å². The molecule has 0 aliphatic carbocycles. The highest BCUT2D eigenvalue weighted by Gasteiger charge is 2.15. The fraction of sp³-hybridized carbons (Fsp3) is 0.667. The number of halogens is 2. The number of hydrogen-bond donors (Lipinski definition) is 1. The van der Waals surface area contributed by atoms with E-state index in [2.05, 4.69) is 27.7 Å². The molecule has 0 heterocycles. The molecule has 0 spiro atoms. The van der Waals surface area contributed by atoms with Crippen LogP contribution in [0.4, 0.5) is 8.78 Å². The lowest BCUT2D eigenvalue weighted by molar-refractivity contribution is 0.230. The molecule has 0 aromatic heterocycles. The fourth-order valence-corrected chi connectivity index (χ4v) is 1.72. The highest BCUT2D eigenvalue weighted by molar-refractivity contribution is 5.33. The van der Waals surface area contributed by atoms with Crippen molar-refractivity contribution in [3.63, 3.8) is 0 Å². The van der Waals surface area contributed by atoms with Crippen molar-refractivity contribution in [3.8, 4) is 11.5 Å². The van der Waals surface area contributed by atoms with E-state index < -0.39 is 17.4 Å². The topological polar surface area (TPSA) is 29.5 Å². The quantitative estimate of drug-likeness (QED) is 0.675. The van der Waals surface area contributed by atoms with Crippen LogP contribution in [0, 0.1) is 23.5 Å². The van der Waals surface area contributed by atoms with Crippen LogP contribution in [-0.2, 0) is 0 Å². The minimum absolute atomic E-state index is 0.148. The van der Waals surface area contributed by atoms with Crippen LogP contribution < -0.4 is 4.74 Å². The number of hydrogen-bond acceptors (Lipinski definition) is 2. The van der Waals surface area contributed by atoms with Crippen LogP contribution in [0.2, 0.25) is 0 Å². The second-order valence-electron chi connectivity index (χ2n) is 5.92. The average Bonchev–Trinajstić information content (AvgIpc) is 2.50. The molecule has 0 saturated heterocycles. The maximum Gasteiger partial charge on any atom is 0.204 e. The van der Waals surface area contributed by atoms with Gasteiger partial charge in [-0.05, 0) is 30.4 Å². The minimum Gasteiger partial charge on any atom is -0.505 e. The summed E-state index contributed by atoms with van der Waals surface area (Å²) >= 11 is 0. The highest BCUT2D eigenvalue weighted by atomic mass is 19.2. The Bertz CT molecular complexity index is 422. The van der Waals surface area contributed by atoms with Crippen molar-refractivity contribution in [1.29, 1.82) is 0 Å². The van der Waals surface area contributed by atoms with E-state index in [1.165, 1.54) is 12.5 Å². The summed E-state index contributed by atoms with van der Waals surface area (Å²) in [7, 11) is 0. The van der Waals surface area contributed by atoms with Crippen LogP contribution in [0.5, 0.6) is 11.5 Å². The molecular weight excluding hydrogens is 286 g/mol. The number of ether oxygens (including phenoxy) is 1. The molecule has 1 aromatic carbocycles. The third-order valence-electron chi connectivity index (χ3n) is 3.40. The molecule has 1 rings (SSSR count). The molecule has 2 unspecified atom stereocenters. The predicted molar refractivity (Wildman–Crippen MR) is 87.3 cm³/mol. The van der Waals surface area contributed by atoms with Gasteiger partial charge in [-0.3, -0.25) is 0 Å². The zero-order valence-electron chi connectivity index (χ0n) is 14.5. The average molecular weight is 316 g/mol. The maximum atomic E-state index is 13.4. The van der Waals surface area contributed by atoms with Crippen molar-refractivity contribution in [2.24, 2.45) is 11.8 Å². The number of aromatic hydroxyl groups is 1. The fourth-order valence-electron chi connectivity index (χ4n) is 1.72. The zero-order valence-corrected chi connectivity index (χ0v) is 14.5. The predicted octanol–water partition coefficient (Wildman–Crippen LogP) is 5.93.